The molecule has 0 aliphatic carbocycles. The second-order valence-electron chi connectivity index (χ2n) is 6.81. The lowest BCUT2D eigenvalue weighted by Gasteiger charge is -2.39. The number of rotatable bonds is 3. The summed E-state index contributed by atoms with van der Waals surface area (Å²) in [6.45, 7) is 11.3. The van der Waals surface area contributed by atoms with E-state index in [0.717, 1.165) is 25.9 Å². The van der Waals surface area contributed by atoms with Crippen LogP contribution in [0.2, 0.25) is 0 Å². The van der Waals surface area contributed by atoms with E-state index < -0.39 is 0 Å². The fraction of sp³-hybridized carbons (Fsp3) is 0.867. The summed E-state index contributed by atoms with van der Waals surface area (Å²) >= 11 is 0. The fourth-order valence-corrected chi connectivity index (χ4v) is 2.56. The summed E-state index contributed by atoms with van der Waals surface area (Å²) in [6, 6.07) is 0.194. The van der Waals surface area contributed by atoms with Crippen LogP contribution in [0.1, 0.15) is 47.5 Å². The van der Waals surface area contributed by atoms with Crippen LogP contribution in [0.4, 0.5) is 0 Å². The topological polar surface area (TPSA) is 52.7 Å². The molecule has 0 bridgehead atoms. The van der Waals surface area contributed by atoms with Gasteiger partial charge in [-0.1, -0.05) is 0 Å². The lowest BCUT2D eigenvalue weighted by atomic mass is 10.0. The van der Waals surface area contributed by atoms with Gasteiger partial charge in [0.1, 0.15) is 0 Å². The van der Waals surface area contributed by atoms with Gasteiger partial charge in [0.25, 0.3) is 0 Å². The molecule has 2 amide bonds. The van der Waals surface area contributed by atoms with Crippen LogP contribution in [-0.2, 0) is 9.59 Å². The molecule has 1 heterocycles. The maximum Gasteiger partial charge on any atom is 0.237 e. The number of piperidine rings is 1. The van der Waals surface area contributed by atoms with E-state index in [1.54, 1.807) is 6.92 Å². The SMILES string of the molecule is CC(=O)N(C)C1CCN(C(C)C(=O)NC(C)(C)C)CC1. The van der Waals surface area contributed by atoms with Gasteiger partial charge in [0.15, 0.2) is 0 Å². The molecular formula is C15H29N3O2. The number of carbonyl (C=O) groups is 2. The Balaban J connectivity index is 2.49. The maximum atomic E-state index is 12.2. The minimum absolute atomic E-state index is 0.0795. The van der Waals surface area contributed by atoms with Gasteiger partial charge in [-0.15, -0.1) is 0 Å². The van der Waals surface area contributed by atoms with Crippen molar-refractivity contribution in [2.45, 2.75) is 65.1 Å². The van der Waals surface area contributed by atoms with Crippen LogP contribution < -0.4 is 5.32 Å². The van der Waals surface area contributed by atoms with Gasteiger partial charge >= 0.3 is 0 Å². The van der Waals surface area contributed by atoms with Crippen molar-refractivity contribution in [3.8, 4) is 0 Å². The molecule has 0 aromatic carbocycles. The molecule has 1 fully saturated rings. The number of carbonyl (C=O) groups excluding carboxylic acids is 2. The van der Waals surface area contributed by atoms with E-state index in [1.807, 2.05) is 39.6 Å². The third-order valence-corrected chi connectivity index (χ3v) is 3.97. The lowest BCUT2D eigenvalue weighted by Crippen LogP contribution is -2.54. The zero-order chi connectivity index (χ0) is 15.5. The zero-order valence-electron chi connectivity index (χ0n) is 13.7. The highest BCUT2D eigenvalue weighted by Crippen LogP contribution is 2.18. The molecule has 1 atom stereocenters. The predicted octanol–water partition coefficient (Wildman–Crippen LogP) is 1.23. The molecule has 1 saturated heterocycles. The van der Waals surface area contributed by atoms with E-state index in [1.165, 1.54) is 0 Å². The number of likely N-dealkylation sites (tertiary alicyclic amines) is 1. The molecular weight excluding hydrogens is 254 g/mol. The van der Waals surface area contributed by atoms with Crippen molar-refractivity contribution < 1.29 is 9.59 Å². The molecule has 0 spiro atoms. The summed E-state index contributed by atoms with van der Waals surface area (Å²) in [7, 11) is 1.86. The molecule has 1 aliphatic heterocycles. The van der Waals surface area contributed by atoms with Crippen molar-refractivity contribution in [2.24, 2.45) is 0 Å². The fourth-order valence-electron chi connectivity index (χ4n) is 2.56. The molecule has 1 rings (SSSR count). The summed E-state index contributed by atoms with van der Waals surface area (Å²) in [4.78, 5) is 27.6. The molecule has 0 radical (unpaired) electrons. The quantitative estimate of drug-likeness (QED) is 0.847. The minimum Gasteiger partial charge on any atom is -0.350 e. The number of nitrogens with one attached hydrogen (secondary N) is 1. The van der Waals surface area contributed by atoms with E-state index in [4.69, 9.17) is 0 Å². The van der Waals surface area contributed by atoms with E-state index in [2.05, 4.69) is 10.2 Å². The number of amides is 2. The van der Waals surface area contributed by atoms with E-state index in [0.29, 0.717) is 6.04 Å². The molecule has 5 heteroatoms. The normalized spacial score (nSPS) is 19.5. The second-order valence-corrected chi connectivity index (χ2v) is 6.81. The third-order valence-electron chi connectivity index (χ3n) is 3.97. The van der Waals surface area contributed by atoms with Gasteiger partial charge in [-0.2, -0.15) is 0 Å². The summed E-state index contributed by atoms with van der Waals surface area (Å²) in [6.07, 6.45) is 1.87. The third kappa shape index (κ3) is 4.78. The van der Waals surface area contributed by atoms with Crippen LogP contribution >= 0.6 is 0 Å². The Bertz CT molecular complexity index is 355. The molecule has 20 heavy (non-hydrogen) atoms. The Morgan fingerprint density at radius 3 is 2.15 bits per heavy atom. The standard InChI is InChI=1S/C15H29N3O2/c1-11(14(20)16-15(3,4)5)18-9-7-13(8-10-18)17(6)12(2)19/h11,13H,7-10H2,1-6H3,(H,16,20). The van der Waals surface area contributed by atoms with Gasteiger partial charge in [0, 0.05) is 38.6 Å². The molecule has 116 valence electrons. The Morgan fingerprint density at radius 2 is 1.75 bits per heavy atom. The average Bonchev–Trinajstić information content (AvgIpc) is 2.35. The highest BCUT2D eigenvalue weighted by atomic mass is 16.2. The Morgan fingerprint density at radius 1 is 1.25 bits per heavy atom. The van der Waals surface area contributed by atoms with Crippen molar-refractivity contribution in [1.82, 2.24) is 15.1 Å². The number of hydrogen-bond acceptors (Lipinski definition) is 3. The summed E-state index contributed by atoms with van der Waals surface area (Å²) in [5, 5.41) is 3.02. The van der Waals surface area contributed by atoms with Crippen LogP contribution in [0.25, 0.3) is 0 Å². The largest absolute Gasteiger partial charge is 0.350 e. The highest BCUT2D eigenvalue weighted by molar-refractivity contribution is 5.82. The summed E-state index contributed by atoms with van der Waals surface area (Å²) in [5.41, 5.74) is -0.196. The van der Waals surface area contributed by atoms with Crippen molar-refractivity contribution >= 4 is 11.8 Å². The Kier molecular flexibility index (Phi) is 5.57. The predicted molar refractivity (Wildman–Crippen MR) is 80.4 cm³/mol. The van der Waals surface area contributed by atoms with Crippen molar-refractivity contribution in [3.63, 3.8) is 0 Å². The van der Waals surface area contributed by atoms with Crippen molar-refractivity contribution in [1.29, 1.82) is 0 Å². The first-order valence-electron chi connectivity index (χ1n) is 7.41. The first-order chi connectivity index (χ1) is 9.11. The highest BCUT2D eigenvalue weighted by Gasteiger charge is 2.30. The van der Waals surface area contributed by atoms with Crippen LogP contribution in [0.15, 0.2) is 0 Å². The lowest BCUT2D eigenvalue weighted by molar-refractivity contribution is -0.132. The van der Waals surface area contributed by atoms with Gasteiger partial charge in [0.2, 0.25) is 11.8 Å². The van der Waals surface area contributed by atoms with Crippen molar-refractivity contribution in [2.75, 3.05) is 20.1 Å². The first kappa shape index (κ1) is 17.0. The molecule has 0 saturated carbocycles. The average molecular weight is 283 g/mol. The van der Waals surface area contributed by atoms with Gasteiger partial charge in [0.05, 0.1) is 6.04 Å². The molecule has 1 N–H and O–H groups in total. The Labute approximate surface area is 122 Å². The molecule has 1 aliphatic rings. The van der Waals surface area contributed by atoms with E-state index in [9.17, 15) is 9.59 Å². The van der Waals surface area contributed by atoms with Crippen molar-refractivity contribution in [3.05, 3.63) is 0 Å². The van der Waals surface area contributed by atoms with E-state index >= 15 is 0 Å². The molecule has 0 aromatic heterocycles. The second kappa shape index (κ2) is 6.57. The van der Waals surface area contributed by atoms with Gasteiger partial charge in [-0.25, -0.2) is 0 Å². The molecule has 0 aromatic rings. The summed E-state index contributed by atoms with van der Waals surface area (Å²) < 4.78 is 0. The Hall–Kier alpha value is -1.10. The minimum atomic E-state index is -0.196. The van der Waals surface area contributed by atoms with E-state index in [-0.39, 0.29) is 23.4 Å². The number of nitrogens with zero attached hydrogens (tertiary/aromatic N) is 2. The van der Waals surface area contributed by atoms with Crippen LogP contribution in [0.5, 0.6) is 0 Å². The van der Waals surface area contributed by atoms with Crippen LogP contribution in [0.3, 0.4) is 0 Å². The maximum absolute atomic E-state index is 12.2. The van der Waals surface area contributed by atoms with Crippen LogP contribution in [0, 0.1) is 0 Å². The first-order valence-corrected chi connectivity index (χ1v) is 7.41. The number of hydrogen-bond donors (Lipinski definition) is 1. The zero-order valence-corrected chi connectivity index (χ0v) is 13.7. The molecule has 5 nitrogen and oxygen atoms in total. The molecule has 1 unspecified atom stereocenters. The van der Waals surface area contributed by atoms with Gasteiger partial charge in [-0.3, -0.25) is 14.5 Å². The van der Waals surface area contributed by atoms with Crippen LogP contribution in [-0.4, -0.2) is 59.4 Å². The summed E-state index contributed by atoms with van der Waals surface area (Å²) in [5.74, 6) is 0.192. The van der Waals surface area contributed by atoms with Gasteiger partial charge < -0.3 is 10.2 Å². The smallest absolute Gasteiger partial charge is 0.237 e. The monoisotopic (exact) mass is 283 g/mol. The van der Waals surface area contributed by atoms with Gasteiger partial charge in [-0.05, 0) is 40.5 Å².